The Hall–Kier alpha value is -1.06. The van der Waals surface area contributed by atoms with E-state index in [4.69, 9.17) is 11.6 Å². The zero-order valence-corrected chi connectivity index (χ0v) is 11.2. The van der Waals surface area contributed by atoms with Gasteiger partial charge in [-0.05, 0) is 31.3 Å². The summed E-state index contributed by atoms with van der Waals surface area (Å²) >= 11 is 5.99. The molecule has 1 aliphatic rings. The van der Waals surface area contributed by atoms with Crippen LogP contribution in [0.5, 0.6) is 0 Å². The van der Waals surface area contributed by atoms with E-state index in [1.54, 1.807) is 4.90 Å². The van der Waals surface area contributed by atoms with E-state index in [1.807, 2.05) is 27.2 Å². The van der Waals surface area contributed by atoms with Crippen molar-refractivity contribution < 1.29 is 4.79 Å². The number of amides is 1. The van der Waals surface area contributed by atoms with Gasteiger partial charge in [-0.15, -0.1) is 11.6 Å². The molecule has 1 amide bonds. The van der Waals surface area contributed by atoms with E-state index < -0.39 is 0 Å². The van der Waals surface area contributed by atoms with Crippen molar-refractivity contribution in [1.29, 1.82) is 0 Å². The maximum absolute atomic E-state index is 11.6. The number of carbonyl (C=O) groups excluding carboxylic acids is 1. The Balaban J connectivity index is 2.35. The molecule has 92 valence electrons. The largest absolute Gasteiger partial charge is 0.315 e. The van der Waals surface area contributed by atoms with Crippen molar-refractivity contribution in [3.63, 3.8) is 0 Å². The SMILES string of the molecule is CN1C(=O)Cc2cc(C(CCl)N(C)C)ccc21. The maximum atomic E-state index is 11.6. The molecule has 17 heavy (non-hydrogen) atoms. The summed E-state index contributed by atoms with van der Waals surface area (Å²) in [7, 11) is 5.84. The monoisotopic (exact) mass is 252 g/mol. The molecule has 0 N–H and O–H groups in total. The van der Waals surface area contributed by atoms with E-state index in [1.165, 1.54) is 5.56 Å². The average Bonchev–Trinajstić information content (AvgIpc) is 2.55. The minimum Gasteiger partial charge on any atom is -0.315 e. The lowest BCUT2D eigenvalue weighted by Gasteiger charge is -2.23. The zero-order valence-electron chi connectivity index (χ0n) is 10.4. The van der Waals surface area contributed by atoms with Gasteiger partial charge in [0.15, 0.2) is 0 Å². The molecule has 1 aromatic rings. The third-order valence-corrected chi connectivity index (χ3v) is 3.63. The lowest BCUT2D eigenvalue weighted by molar-refractivity contribution is -0.117. The summed E-state index contributed by atoms with van der Waals surface area (Å²) < 4.78 is 0. The number of halogens is 1. The summed E-state index contributed by atoms with van der Waals surface area (Å²) in [4.78, 5) is 15.4. The van der Waals surface area contributed by atoms with Gasteiger partial charge in [-0.3, -0.25) is 4.79 Å². The van der Waals surface area contributed by atoms with Crippen LogP contribution >= 0.6 is 11.6 Å². The van der Waals surface area contributed by atoms with Crippen LogP contribution in [-0.4, -0.2) is 37.8 Å². The van der Waals surface area contributed by atoms with Crippen LogP contribution in [0, 0.1) is 0 Å². The molecule has 0 bridgehead atoms. The van der Waals surface area contributed by atoms with E-state index in [0.29, 0.717) is 12.3 Å². The first kappa shape index (κ1) is 12.4. The van der Waals surface area contributed by atoms with Gasteiger partial charge in [0, 0.05) is 24.7 Å². The standard InChI is InChI=1S/C13H17ClN2O/c1-15(2)12(8-14)9-4-5-11-10(6-9)7-13(17)16(11)3/h4-6,12H,7-8H2,1-3H3. The molecule has 1 atom stereocenters. The Morgan fingerprint density at radius 2 is 2.18 bits per heavy atom. The lowest BCUT2D eigenvalue weighted by Crippen LogP contribution is -2.21. The van der Waals surface area contributed by atoms with Crippen molar-refractivity contribution in [2.24, 2.45) is 0 Å². The van der Waals surface area contributed by atoms with Crippen LogP contribution in [-0.2, 0) is 11.2 Å². The van der Waals surface area contributed by atoms with Gasteiger partial charge in [0.05, 0.1) is 6.42 Å². The lowest BCUT2D eigenvalue weighted by atomic mass is 10.0. The smallest absolute Gasteiger partial charge is 0.231 e. The summed E-state index contributed by atoms with van der Waals surface area (Å²) in [5.41, 5.74) is 3.30. The van der Waals surface area contributed by atoms with Crippen LogP contribution in [0.4, 0.5) is 5.69 Å². The Morgan fingerprint density at radius 3 is 2.76 bits per heavy atom. The van der Waals surface area contributed by atoms with E-state index in [2.05, 4.69) is 17.0 Å². The highest BCUT2D eigenvalue weighted by molar-refractivity contribution is 6.18. The first-order valence-electron chi connectivity index (χ1n) is 5.66. The number of anilines is 1. The predicted octanol–water partition coefficient (Wildman–Crippen LogP) is 2.05. The van der Waals surface area contributed by atoms with Crippen molar-refractivity contribution in [2.75, 3.05) is 31.9 Å². The minimum atomic E-state index is 0.157. The molecule has 0 aliphatic carbocycles. The maximum Gasteiger partial charge on any atom is 0.231 e. The molecule has 3 nitrogen and oxygen atoms in total. The van der Waals surface area contributed by atoms with Crippen molar-refractivity contribution in [2.45, 2.75) is 12.5 Å². The molecule has 0 saturated heterocycles. The van der Waals surface area contributed by atoms with Gasteiger partial charge in [-0.1, -0.05) is 12.1 Å². The highest BCUT2D eigenvalue weighted by atomic mass is 35.5. The second-order valence-electron chi connectivity index (χ2n) is 4.65. The number of fused-ring (bicyclic) bond motifs is 1. The summed E-state index contributed by atoms with van der Waals surface area (Å²) in [6.07, 6.45) is 0.502. The van der Waals surface area contributed by atoms with E-state index in [-0.39, 0.29) is 11.9 Å². The van der Waals surface area contributed by atoms with Crippen LogP contribution in [0.25, 0.3) is 0 Å². The number of benzene rings is 1. The topological polar surface area (TPSA) is 23.6 Å². The third kappa shape index (κ3) is 2.17. The van der Waals surface area contributed by atoms with Gasteiger partial charge in [0.2, 0.25) is 5.91 Å². The summed E-state index contributed by atoms with van der Waals surface area (Å²) in [6.45, 7) is 0. The van der Waals surface area contributed by atoms with Crippen LogP contribution in [0.1, 0.15) is 17.2 Å². The fourth-order valence-corrected chi connectivity index (χ4v) is 2.68. The number of rotatable bonds is 3. The molecule has 0 aromatic heterocycles. The molecular formula is C13H17ClN2O. The number of likely N-dealkylation sites (N-methyl/N-ethyl adjacent to an activating group) is 1. The number of hydrogen-bond donors (Lipinski definition) is 0. The molecule has 2 rings (SSSR count). The predicted molar refractivity (Wildman–Crippen MR) is 70.7 cm³/mol. The molecular weight excluding hydrogens is 236 g/mol. The Labute approximate surface area is 107 Å². The molecule has 1 unspecified atom stereocenters. The zero-order chi connectivity index (χ0) is 12.6. The highest BCUT2D eigenvalue weighted by Crippen LogP contribution is 2.31. The molecule has 4 heteroatoms. The summed E-state index contributed by atoms with van der Waals surface area (Å²) in [5.74, 6) is 0.708. The highest BCUT2D eigenvalue weighted by Gasteiger charge is 2.25. The average molecular weight is 253 g/mol. The van der Waals surface area contributed by atoms with Crippen LogP contribution in [0.3, 0.4) is 0 Å². The van der Waals surface area contributed by atoms with Gasteiger partial charge in [-0.2, -0.15) is 0 Å². The molecule has 1 aromatic carbocycles. The van der Waals surface area contributed by atoms with Gasteiger partial charge in [-0.25, -0.2) is 0 Å². The number of carbonyl (C=O) groups is 1. The van der Waals surface area contributed by atoms with Gasteiger partial charge in [0.1, 0.15) is 0 Å². The van der Waals surface area contributed by atoms with E-state index in [0.717, 1.165) is 11.3 Å². The fraction of sp³-hybridized carbons (Fsp3) is 0.462. The molecule has 1 aliphatic heterocycles. The van der Waals surface area contributed by atoms with Crippen LogP contribution in [0.15, 0.2) is 18.2 Å². The molecule has 0 saturated carbocycles. The Morgan fingerprint density at radius 1 is 1.47 bits per heavy atom. The third-order valence-electron chi connectivity index (χ3n) is 3.33. The quantitative estimate of drug-likeness (QED) is 0.769. The number of alkyl halides is 1. The molecule has 0 spiro atoms. The van der Waals surface area contributed by atoms with Crippen LogP contribution < -0.4 is 4.90 Å². The first-order valence-corrected chi connectivity index (χ1v) is 6.20. The van der Waals surface area contributed by atoms with Crippen molar-refractivity contribution in [1.82, 2.24) is 4.90 Å². The van der Waals surface area contributed by atoms with Crippen molar-refractivity contribution in [3.05, 3.63) is 29.3 Å². The van der Waals surface area contributed by atoms with Gasteiger partial charge >= 0.3 is 0 Å². The molecule has 0 fully saturated rings. The second-order valence-corrected chi connectivity index (χ2v) is 4.96. The number of nitrogens with zero attached hydrogens (tertiary/aromatic N) is 2. The molecule has 1 heterocycles. The first-order chi connectivity index (χ1) is 8.04. The van der Waals surface area contributed by atoms with Gasteiger partial charge in [0.25, 0.3) is 0 Å². The minimum absolute atomic E-state index is 0.157. The van der Waals surface area contributed by atoms with Crippen LogP contribution in [0.2, 0.25) is 0 Å². The van der Waals surface area contributed by atoms with Crippen molar-refractivity contribution in [3.8, 4) is 0 Å². The Kier molecular flexibility index (Phi) is 3.40. The van der Waals surface area contributed by atoms with Gasteiger partial charge < -0.3 is 9.80 Å². The normalized spacial score (nSPS) is 16.5. The van der Waals surface area contributed by atoms with Crippen molar-refractivity contribution >= 4 is 23.2 Å². The summed E-state index contributed by atoms with van der Waals surface area (Å²) in [5, 5.41) is 0. The van der Waals surface area contributed by atoms with E-state index in [9.17, 15) is 4.79 Å². The van der Waals surface area contributed by atoms with E-state index >= 15 is 0 Å². The summed E-state index contributed by atoms with van der Waals surface area (Å²) in [6, 6.07) is 6.37. The Bertz CT molecular complexity index is 445. The fourth-order valence-electron chi connectivity index (χ4n) is 2.22. The molecule has 0 radical (unpaired) electrons. The second kappa shape index (κ2) is 4.67. The number of hydrogen-bond acceptors (Lipinski definition) is 2.